The molecule has 1 N–H and O–H groups in total. The highest BCUT2D eigenvalue weighted by molar-refractivity contribution is 5.84. The van der Waals surface area contributed by atoms with Gasteiger partial charge in [0.2, 0.25) is 0 Å². The van der Waals surface area contributed by atoms with Crippen molar-refractivity contribution in [1.29, 1.82) is 0 Å². The Balaban J connectivity index is 1.86. The van der Waals surface area contributed by atoms with Crippen LogP contribution in [0.25, 0.3) is 10.9 Å². The number of benzene rings is 1. The average Bonchev–Trinajstić information content (AvgIpc) is 3.26. The van der Waals surface area contributed by atoms with Crippen LogP contribution in [0.5, 0.6) is 0 Å². The van der Waals surface area contributed by atoms with Crippen molar-refractivity contribution in [2.75, 3.05) is 6.54 Å². The van der Waals surface area contributed by atoms with Crippen molar-refractivity contribution in [3.63, 3.8) is 0 Å². The van der Waals surface area contributed by atoms with Crippen LogP contribution in [-0.4, -0.2) is 37.4 Å². The van der Waals surface area contributed by atoms with Crippen LogP contribution in [0.2, 0.25) is 0 Å². The van der Waals surface area contributed by atoms with E-state index in [1.165, 1.54) is 22.1 Å². The number of aryl methyl sites for hydroxylation is 1. The molecular formula is C17H18F3N5. The second kappa shape index (κ2) is 5.59. The topological polar surface area (TPSA) is 49.7 Å². The van der Waals surface area contributed by atoms with E-state index >= 15 is 0 Å². The highest BCUT2D eigenvalue weighted by atomic mass is 19.4. The van der Waals surface area contributed by atoms with Gasteiger partial charge in [0.15, 0.2) is 0 Å². The Kier molecular flexibility index (Phi) is 3.61. The number of aromatic nitrogens is 4. The quantitative estimate of drug-likeness (QED) is 0.789. The van der Waals surface area contributed by atoms with Crippen molar-refractivity contribution < 1.29 is 13.2 Å². The molecule has 3 heterocycles. The minimum absolute atomic E-state index is 0.0379. The predicted molar refractivity (Wildman–Crippen MR) is 86.7 cm³/mol. The van der Waals surface area contributed by atoms with Crippen LogP contribution >= 0.6 is 0 Å². The van der Waals surface area contributed by atoms with Gasteiger partial charge in [-0.3, -0.25) is 9.58 Å². The molecule has 3 aromatic rings. The fourth-order valence-corrected chi connectivity index (χ4v) is 3.92. The minimum Gasteiger partial charge on any atom is -0.361 e. The standard InChI is InChI=1S/C17H18F3N5/c1-24-15(22-11-23-24)10-25-8-4-7-16(25,17(18,19)20)13-9-21-14-6-3-2-5-12(13)14/h2-3,5-6,9,11,21H,4,7-8,10H2,1H3. The number of likely N-dealkylation sites (tertiary alicyclic amines) is 1. The van der Waals surface area contributed by atoms with Gasteiger partial charge in [-0.2, -0.15) is 18.3 Å². The van der Waals surface area contributed by atoms with Crippen LogP contribution in [0.1, 0.15) is 24.2 Å². The molecule has 0 radical (unpaired) electrons. The van der Waals surface area contributed by atoms with E-state index in [0.717, 1.165) is 0 Å². The zero-order valence-electron chi connectivity index (χ0n) is 13.7. The molecule has 4 rings (SSSR count). The Labute approximate surface area is 142 Å². The summed E-state index contributed by atoms with van der Waals surface area (Å²) in [5, 5.41) is 4.59. The third-order valence-corrected chi connectivity index (χ3v) is 5.15. The van der Waals surface area contributed by atoms with E-state index in [0.29, 0.717) is 29.7 Å². The monoisotopic (exact) mass is 349 g/mol. The van der Waals surface area contributed by atoms with E-state index in [1.807, 2.05) is 6.07 Å². The van der Waals surface area contributed by atoms with Crippen molar-refractivity contribution in [3.05, 3.63) is 48.2 Å². The van der Waals surface area contributed by atoms with Gasteiger partial charge < -0.3 is 4.98 Å². The lowest BCUT2D eigenvalue weighted by Crippen LogP contribution is -2.52. The van der Waals surface area contributed by atoms with Crippen LogP contribution in [0, 0.1) is 0 Å². The molecule has 0 amide bonds. The lowest BCUT2D eigenvalue weighted by molar-refractivity contribution is -0.230. The molecule has 2 aromatic heterocycles. The van der Waals surface area contributed by atoms with Gasteiger partial charge in [-0.15, -0.1) is 0 Å². The molecule has 132 valence electrons. The van der Waals surface area contributed by atoms with E-state index in [-0.39, 0.29) is 18.5 Å². The Morgan fingerprint density at radius 2 is 2.08 bits per heavy atom. The second-order valence-electron chi connectivity index (χ2n) is 6.43. The number of alkyl halides is 3. The highest BCUT2D eigenvalue weighted by Crippen LogP contribution is 2.52. The Morgan fingerprint density at radius 3 is 2.80 bits per heavy atom. The van der Waals surface area contributed by atoms with Crippen LogP contribution in [0.15, 0.2) is 36.8 Å². The maximum Gasteiger partial charge on any atom is 0.411 e. The molecule has 1 fully saturated rings. The summed E-state index contributed by atoms with van der Waals surface area (Å²) in [6.45, 7) is 0.474. The lowest BCUT2D eigenvalue weighted by atomic mass is 9.86. The van der Waals surface area contributed by atoms with Gasteiger partial charge in [0, 0.05) is 29.7 Å². The van der Waals surface area contributed by atoms with E-state index in [2.05, 4.69) is 15.1 Å². The SMILES string of the molecule is Cn1ncnc1CN1CCCC1(c1c[nH]c2ccccc12)C(F)(F)F. The molecule has 8 heteroatoms. The highest BCUT2D eigenvalue weighted by Gasteiger charge is 2.62. The summed E-state index contributed by atoms with van der Waals surface area (Å²) in [6, 6.07) is 7.12. The number of hydrogen-bond donors (Lipinski definition) is 1. The number of rotatable bonds is 3. The van der Waals surface area contributed by atoms with E-state index in [4.69, 9.17) is 0 Å². The molecule has 0 saturated carbocycles. The summed E-state index contributed by atoms with van der Waals surface area (Å²) in [4.78, 5) is 8.59. The molecule has 1 aliphatic rings. The number of H-pyrrole nitrogens is 1. The van der Waals surface area contributed by atoms with Gasteiger partial charge >= 0.3 is 6.18 Å². The largest absolute Gasteiger partial charge is 0.411 e. The Morgan fingerprint density at radius 1 is 1.28 bits per heavy atom. The first kappa shape index (κ1) is 16.1. The van der Waals surface area contributed by atoms with Crippen LogP contribution < -0.4 is 0 Å². The summed E-state index contributed by atoms with van der Waals surface area (Å²) in [6.07, 6.45) is -1.00. The predicted octanol–water partition coefficient (Wildman–Crippen LogP) is 3.35. The maximum absolute atomic E-state index is 14.4. The Bertz CT molecular complexity index is 897. The van der Waals surface area contributed by atoms with E-state index in [9.17, 15) is 13.2 Å². The molecule has 0 spiro atoms. The number of para-hydroxylation sites is 1. The smallest absolute Gasteiger partial charge is 0.361 e. The van der Waals surface area contributed by atoms with Gasteiger partial charge in [-0.25, -0.2) is 4.98 Å². The first-order valence-corrected chi connectivity index (χ1v) is 8.15. The average molecular weight is 349 g/mol. The zero-order valence-corrected chi connectivity index (χ0v) is 13.7. The fraction of sp³-hybridized carbons (Fsp3) is 0.412. The number of aromatic amines is 1. The normalized spacial score (nSPS) is 22.1. The summed E-state index contributed by atoms with van der Waals surface area (Å²) < 4.78 is 44.7. The van der Waals surface area contributed by atoms with Crippen LogP contribution in [0.4, 0.5) is 13.2 Å². The van der Waals surface area contributed by atoms with Crippen molar-refractivity contribution in [2.45, 2.75) is 31.1 Å². The molecule has 1 aromatic carbocycles. The number of nitrogens with zero attached hydrogens (tertiary/aromatic N) is 4. The van der Waals surface area contributed by atoms with Crippen molar-refractivity contribution in [1.82, 2.24) is 24.6 Å². The molecule has 0 aliphatic carbocycles. The second-order valence-corrected chi connectivity index (χ2v) is 6.43. The van der Waals surface area contributed by atoms with Gasteiger partial charge in [0.25, 0.3) is 0 Å². The molecular weight excluding hydrogens is 331 g/mol. The number of fused-ring (bicyclic) bond motifs is 1. The third-order valence-electron chi connectivity index (χ3n) is 5.15. The fourth-order valence-electron chi connectivity index (χ4n) is 3.92. The summed E-state index contributed by atoms with van der Waals surface area (Å²) in [5.74, 6) is 0.523. The molecule has 1 saturated heterocycles. The third kappa shape index (κ3) is 2.35. The summed E-state index contributed by atoms with van der Waals surface area (Å²) in [5.41, 5.74) is -1.01. The number of hydrogen-bond acceptors (Lipinski definition) is 3. The molecule has 0 bridgehead atoms. The van der Waals surface area contributed by atoms with E-state index in [1.54, 1.807) is 25.2 Å². The van der Waals surface area contributed by atoms with Crippen LogP contribution in [-0.2, 0) is 19.1 Å². The summed E-state index contributed by atoms with van der Waals surface area (Å²) >= 11 is 0. The van der Waals surface area contributed by atoms with E-state index < -0.39 is 11.7 Å². The van der Waals surface area contributed by atoms with Gasteiger partial charge in [0.05, 0.1) is 6.54 Å². The summed E-state index contributed by atoms with van der Waals surface area (Å²) in [7, 11) is 1.69. The van der Waals surface area contributed by atoms with Crippen molar-refractivity contribution in [2.24, 2.45) is 7.05 Å². The molecule has 1 unspecified atom stereocenters. The first-order chi connectivity index (χ1) is 11.9. The molecule has 5 nitrogen and oxygen atoms in total. The number of halogens is 3. The van der Waals surface area contributed by atoms with Crippen molar-refractivity contribution in [3.8, 4) is 0 Å². The maximum atomic E-state index is 14.4. The first-order valence-electron chi connectivity index (χ1n) is 8.15. The van der Waals surface area contributed by atoms with Gasteiger partial charge in [0.1, 0.15) is 17.7 Å². The van der Waals surface area contributed by atoms with Crippen molar-refractivity contribution >= 4 is 10.9 Å². The zero-order chi connectivity index (χ0) is 17.7. The van der Waals surface area contributed by atoms with Gasteiger partial charge in [-0.1, -0.05) is 18.2 Å². The Hall–Kier alpha value is -2.35. The number of nitrogens with one attached hydrogen (secondary N) is 1. The van der Waals surface area contributed by atoms with Gasteiger partial charge in [-0.05, 0) is 25.5 Å². The molecule has 25 heavy (non-hydrogen) atoms. The lowest BCUT2D eigenvalue weighted by Gasteiger charge is -2.39. The molecule has 1 aliphatic heterocycles. The molecule has 1 atom stereocenters. The minimum atomic E-state index is -4.40. The van der Waals surface area contributed by atoms with Crippen LogP contribution in [0.3, 0.4) is 0 Å².